The quantitative estimate of drug-likeness (QED) is 0.433. The zero-order valence-electron chi connectivity index (χ0n) is 17.3. The van der Waals surface area contributed by atoms with E-state index in [4.69, 9.17) is 37.4 Å². The molecule has 0 atom stereocenters. The Morgan fingerprint density at radius 1 is 1.06 bits per heavy atom. The molecule has 0 bridgehead atoms. The minimum atomic E-state index is -3.98. The number of ether oxygens (including phenoxy) is 3. The van der Waals surface area contributed by atoms with Gasteiger partial charge in [0.2, 0.25) is 10.0 Å². The Morgan fingerprint density at radius 2 is 1.75 bits per heavy atom. The van der Waals surface area contributed by atoms with Crippen LogP contribution in [-0.4, -0.2) is 46.5 Å². The lowest BCUT2D eigenvalue weighted by Gasteiger charge is -2.18. The third-order valence-electron chi connectivity index (χ3n) is 4.41. The SMILES string of the molecule is CC(C)CNS(=O)(=O)c1cc(C(=O)OCC(=O)c2ccc3c(c2)OCCO3)c(Cl)cc1Cl. The van der Waals surface area contributed by atoms with E-state index in [0.717, 1.165) is 12.1 Å². The fourth-order valence-electron chi connectivity index (χ4n) is 2.75. The van der Waals surface area contributed by atoms with Crippen molar-refractivity contribution in [2.24, 2.45) is 5.92 Å². The molecule has 0 fully saturated rings. The van der Waals surface area contributed by atoms with Crippen LogP contribution in [-0.2, 0) is 14.8 Å². The van der Waals surface area contributed by atoms with Gasteiger partial charge in [-0.2, -0.15) is 0 Å². The van der Waals surface area contributed by atoms with E-state index in [0.29, 0.717) is 24.7 Å². The van der Waals surface area contributed by atoms with Crippen molar-refractivity contribution in [2.45, 2.75) is 18.7 Å². The van der Waals surface area contributed by atoms with E-state index in [-0.39, 0.29) is 38.5 Å². The molecule has 0 radical (unpaired) electrons. The molecule has 1 heterocycles. The maximum absolute atomic E-state index is 12.5. The molecular weight excluding hydrogens is 481 g/mol. The summed E-state index contributed by atoms with van der Waals surface area (Å²) in [7, 11) is -3.98. The van der Waals surface area contributed by atoms with Gasteiger partial charge in [0.25, 0.3) is 0 Å². The predicted octanol–water partition coefficient (Wildman–Crippen LogP) is 3.74. The van der Waals surface area contributed by atoms with Crippen LogP contribution in [0, 0.1) is 5.92 Å². The van der Waals surface area contributed by atoms with Crippen molar-refractivity contribution in [1.29, 1.82) is 0 Å². The number of hydrogen-bond donors (Lipinski definition) is 1. The molecule has 0 spiro atoms. The molecule has 0 aromatic heterocycles. The van der Waals surface area contributed by atoms with Crippen LogP contribution in [0.4, 0.5) is 0 Å². The monoisotopic (exact) mass is 501 g/mol. The second kappa shape index (κ2) is 10.1. The standard InChI is InChI=1S/C21H21Cl2NO7S/c1-12(2)10-24-32(27,28)20-8-14(15(22)9-16(20)23)21(26)31-11-17(25)13-3-4-18-19(7-13)30-6-5-29-18/h3-4,7-9,12,24H,5-6,10-11H2,1-2H3. The molecule has 2 aromatic carbocycles. The van der Waals surface area contributed by atoms with Crippen LogP contribution in [0.25, 0.3) is 0 Å². The zero-order chi connectivity index (χ0) is 23.5. The van der Waals surface area contributed by atoms with Crippen molar-refractivity contribution < 1.29 is 32.2 Å². The first-order valence-corrected chi connectivity index (χ1v) is 11.9. The van der Waals surface area contributed by atoms with Crippen LogP contribution in [0.2, 0.25) is 10.0 Å². The van der Waals surface area contributed by atoms with Gasteiger partial charge in [0, 0.05) is 12.1 Å². The zero-order valence-corrected chi connectivity index (χ0v) is 19.6. The first-order chi connectivity index (χ1) is 15.1. The maximum Gasteiger partial charge on any atom is 0.340 e. The second-order valence-electron chi connectivity index (χ2n) is 7.37. The molecule has 1 aliphatic heterocycles. The molecule has 0 saturated heterocycles. The first-order valence-electron chi connectivity index (χ1n) is 9.67. The Hall–Kier alpha value is -2.33. The van der Waals surface area contributed by atoms with E-state index in [2.05, 4.69) is 4.72 Å². The Morgan fingerprint density at radius 3 is 2.44 bits per heavy atom. The fraction of sp³-hybridized carbons (Fsp3) is 0.333. The highest BCUT2D eigenvalue weighted by atomic mass is 35.5. The van der Waals surface area contributed by atoms with Crippen LogP contribution >= 0.6 is 23.2 Å². The van der Waals surface area contributed by atoms with E-state index in [1.54, 1.807) is 6.07 Å². The summed E-state index contributed by atoms with van der Waals surface area (Å²) in [5.74, 6) is -0.424. The van der Waals surface area contributed by atoms with Crippen molar-refractivity contribution in [3.05, 3.63) is 51.5 Å². The molecule has 1 N–H and O–H groups in total. The number of nitrogens with one attached hydrogen (secondary N) is 1. The Kier molecular flexibility index (Phi) is 7.66. The number of sulfonamides is 1. The normalized spacial score (nSPS) is 13.2. The van der Waals surface area contributed by atoms with E-state index < -0.39 is 28.4 Å². The molecule has 0 saturated carbocycles. The minimum absolute atomic E-state index is 0.0619. The smallest absolute Gasteiger partial charge is 0.340 e. The van der Waals surface area contributed by atoms with Gasteiger partial charge < -0.3 is 14.2 Å². The van der Waals surface area contributed by atoms with Crippen LogP contribution in [0.1, 0.15) is 34.6 Å². The molecule has 1 aliphatic rings. The first kappa shape index (κ1) is 24.3. The van der Waals surface area contributed by atoms with Crippen LogP contribution in [0.15, 0.2) is 35.2 Å². The fourth-order valence-corrected chi connectivity index (χ4v) is 4.82. The lowest BCUT2D eigenvalue weighted by molar-refractivity contribution is 0.0474. The molecule has 3 rings (SSSR count). The molecule has 8 nitrogen and oxygen atoms in total. The number of ketones is 1. The van der Waals surface area contributed by atoms with Gasteiger partial charge in [-0.25, -0.2) is 17.9 Å². The number of carbonyl (C=O) groups is 2. The highest BCUT2D eigenvalue weighted by molar-refractivity contribution is 7.89. The maximum atomic E-state index is 12.5. The van der Waals surface area contributed by atoms with Gasteiger partial charge in [0.05, 0.1) is 15.6 Å². The van der Waals surface area contributed by atoms with Gasteiger partial charge in [-0.3, -0.25) is 4.79 Å². The molecule has 0 unspecified atom stereocenters. The summed E-state index contributed by atoms with van der Waals surface area (Å²) in [5.41, 5.74) is 0.0429. The van der Waals surface area contributed by atoms with Gasteiger partial charge in [0.15, 0.2) is 23.9 Å². The number of hydrogen-bond acceptors (Lipinski definition) is 7. The third-order valence-corrected chi connectivity index (χ3v) is 6.61. The highest BCUT2D eigenvalue weighted by Gasteiger charge is 2.24. The van der Waals surface area contributed by atoms with Crippen molar-refractivity contribution in [3.8, 4) is 11.5 Å². The topological polar surface area (TPSA) is 108 Å². The molecule has 32 heavy (non-hydrogen) atoms. The van der Waals surface area contributed by atoms with E-state index in [1.807, 2.05) is 13.8 Å². The van der Waals surface area contributed by atoms with Crippen molar-refractivity contribution in [1.82, 2.24) is 4.72 Å². The molecule has 11 heteroatoms. The van der Waals surface area contributed by atoms with Gasteiger partial charge in [0.1, 0.15) is 18.1 Å². The summed E-state index contributed by atoms with van der Waals surface area (Å²) in [6.45, 7) is 4.08. The summed E-state index contributed by atoms with van der Waals surface area (Å²) in [4.78, 5) is 24.7. The summed E-state index contributed by atoms with van der Waals surface area (Å²) in [5, 5.41) is -0.246. The number of halogens is 2. The molecule has 172 valence electrons. The third kappa shape index (κ3) is 5.72. The number of esters is 1. The number of fused-ring (bicyclic) bond motifs is 1. The van der Waals surface area contributed by atoms with E-state index in [9.17, 15) is 18.0 Å². The van der Waals surface area contributed by atoms with Gasteiger partial charge in [-0.05, 0) is 36.2 Å². The lowest BCUT2D eigenvalue weighted by Crippen LogP contribution is -2.28. The summed E-state index contributed by atoms with van der Waals surface area (Å²) < 4.78 is 43.4. The average molecular weight is 502 g/mol. The van der Waals surface area contributed by atoms with Crippen molar-refractivity contribution in [3.63, 3.8) is 0 Å². The summed E-state index contributed by atoms with van der Waals surface area (Å²) in [6.07, 6.45) is 0. The molecule has 0 amide bonds. The molecule has 0 aliphatic carbocycles. The van der Waals surface area contributed by atoms with E-state index >= 15 is 0 Å². The average Bonchev–Trinajstić information content (AvgIpc) is 2.75. The van der Waals surface area contributed by atoms with Crippen LogP contribution in [0.3, 0.4) is 0 Å². The van der Waals surface area contributed by atoms with Crippen molar-refractivity contribution >= 4 is 45.0 Å². The van der Waals surface area contributed by atoms with E-state index in [1.165, 1.54) is 12.1 Å². The number of benzene rings is 2. The summed E-state index contributed by atoms with van der Waals surface area (Å²) >= 11 is 12.1. The Balaban J connectivity index is 1.74. The predicted molar refractivity (Wildman–Crippen MR) is 119 cm³/mol. The van der Waals surface area contributed by atoms with Gasteiger partial charge in [-0.15, -0.1) is 0 Å². The Bertz CT molecular complexity index is 1150. The van der Waals surface area contributed by atoms with Crippen LogP contribution in [0.5, 0.6) is 11.5 Å². The number of Topliss-reactive ketones (excluding diaryl/α,β-unsaturated/α-hetero) is 1. The van der Waals surface area contributed by atoms with Crippen LogP contribution < -0.4 is 14.2 Å². The van der Waals surface area contributed by atoms with Crippen molar-refractivity contribution in [2.75, 3.05) is 26.4 Å². The highest BCUT2D eigenvalue weighted by Crippen LogP contribution is 2.31. The number of carbonyl (C=O) groups excluding carboxylic acids is 2. The van der Waals surface area contributed by atoms with Gasteiger partial charge >= 0.3 is 5.97 Å². The van der Waals surface area contributed by atoms with Gasteiger partial charge in [-0.1, -0.05) is 37.0 Å². The molecular formula is C21H21Cl2NO7S. The largest absolute Gasteiger partial charge is 0.486 e. The number of rotatable bonds is 8. The summed E-state index contributed by atoms with van der Waals surface area (Å²) in [6, 6.07) is 6.81. The minimum Gasteiger partial charge on any atom is -0.486 e. The second-order valence-corrected chi connectivity index (χ2v) is 9.92. The molecule has 2 aromatic rings. The Labute approximate surface area is 195 Å². The lowest BCUT2D eigenvalue weighted by atomic mass is 10.1.